The summed E-state index contributed by atoms with van der Waals surface area (Å²) >= 11 is 0. The van der Waals surface area contributed by atoms with Gasteiger partial charge in [-0.3, -0.25) is 10.1 Å². The summed E-state index contributed by atoms with van der Waals surface area (Å²) < 4.78 is 32.4. The average molecular weight is 406 g/mol. The molecule has 1 aromatic rings. The van der Waals surface area contributed by atoms with Crippen molar-refractivity contribution in [2.24, 2.45) is 5.92 Å². The summed E-state index contributed by atoms with van der Waals surface area (Å²) in [5.74, 6) is 0.515. The molecule has 10 heteroatoms. The van der Waals surface area contributed by atoms with Crippen molar-refractivity contribution < 1.29 is 18.1 Å². The van der Waals surface area contributed by atoms with Gasteiger partial charge in [-0.05, 0) is 44.2 Å². The molecule has 0 radical (unpaired) electrons. The van der Waals surface area contributed by atoms with Crippen molar-refractivity contribution in [3.05, 3.63) is 28.3 Å². The molecule has 0 spiro atoms. The van der Waals surface area contributed by atoms with Crippen LogP contribution in [-0.4, -0.2) is 50.4 Å². The minimum Gasteiger partial charge on any atom is -0.495 e. The molecule has 0 aliphatic carbocycles. The number of hydrogen-bond donors (Lipinski definition) is 1. The molecular weight excluding hydrogens is 382 g/mol. The number of nitro groups is 1. The first-order valence-electron chi connectivity index (χ1n) is 8.49. The number of non-ortho nitro benzene ring substituents is 1. The number of nitrogens with one attached hydrogen (secondary N) is 1. The Morgan fingerprint density at radius 3 is 2.50 bits per heavy atom. The number of rotatable bonds is 5. The summed E-state index contributed by atoms with van der Waals surface area (Å²) in [6.07, 6.45) is 4.00. The number of hydrogen-bond acceptors (Lipinski definition) is 6. The molecule has 3 rings (SSSR count). The number of piperidine rings is 1. The summed E-state index contributed by atoms with van der Waals surface area (Å²) in [5, 5.41) is 14.4. The number of nitrogens with zero attached hydrogens (tertiary/aromatic N) is 2. The highest BCUT2D eigenvalue weighted by Gasteiger charge is 2.35. The Balaban J connectivity index is 0.00000243. The van der Waals surface area contributed by atoms with Crippen LogP contribution in [0.15, 0.2) is 23.1 Å². The van der Waals surface area contributed by atoms with Crippen molar-refractivity contribution in [3.8, 4) is 5.75 Å². The molecule has 2 aliphatic heterocycles. The first-order chi connectivity index (χ1) is 11.9. The third kappa shape index (κ3) is 4.11. The van der Waals surface area contributed by atoms with Crippen molar-refractivity contribution in [2.75, 3.05) is 26.7 Å². The highest BCUT2D eigenvalue weighted by atomic mass is 35.5. The van der Waals surface area contributed by atoms with Gasteiger partial charge in [0.1, 0.15) is 10.6 Å². The van der Waals surface area contributed by atoms with Gasteiger partial charge in [-0.2, -0.15) is 4.31 Å². The second kappa shape index (κ2) is 8.51. The maximum absolute atomic E-state index is 12.9. The maximum Gasteiger partial charge on any atom is 0.273 e. The highest BCUT2D eigenvalue weighted by Crippen LogP contribution is 2.33. The Kier molecular flexibility index (Phi) is 6.84. The molecule has 2 aliphatic rings. The second-order valence-electron chi connectivity index (χ2n) is 6.54. The van der Waals surface area contributed by atoms with Gasteiger partial charge >= 0.3 is 0 Å². The molecule has 0 bridgehead atoms. The molecule has 1 atom stereocenters. The largest absolute Gasteiger partial charge is 0.495 e. The van der Waals surface area contributed by atoms with Gasteiger partial charge in [-0.25, -0.2) is 8.42 Å². The van der Waals surface area contributed by atoms with Gasteiger partial charge < -0.3 is 10.1 Å². The minimum atomic E-state index is -3.73. The zero-order chi connectivity index (χ0) is 18.0. The van der Waals surface area contributed by atoms with E-state index in [-0.39, 0.29) is 28.7 Å². The summed E-state index contributed by atoms with van der Waals surface area (Å²) in [7, 11) is -2.41. The first kappa shape index (κ1) is 20.9. The molecule has 1 N–H and O–H groups in total. The van der Waals surface area contributed by atoms with Crippen LogP contribution in [-0.2, 0) is 10.0 Å². The minimum absolute atomic E-state index is 0. The van der Waals surface area contributed by atoms with E-state index in [1.54, 1.807) is 0 Å². The van der Waals surface area contributed by atoms with Crippen molar-refractivity contribution in [1.82, 2.24) is 9.62 Å². The van der Waals surface area contributed by atoms with E-state index in [9.17, 15) is 18.5 Å². The number of benzene rings is 1. The zero-order valence-corrected chi connectivity index (χ0v) is 16.2. The Morgan fingerprint density at radius 2 is 1.96 bits per heavy atom. The fourth-order valence-electron chi connectivity index (χ4n) is 3.75. The predicted molar refractivity (Wildman–Crippen MR) is 99.4 cm³/mol. The predicted octanol–water partition coefficient (Wildman–Crippen LogP) is 2.18. The first-order valence-corrected chi connectivity index (χ1v) is 9.93. The second-order valence-corrected chi connectivity index (χ2v) is 8.44. The monoisotopic (exact) mass is 405 g/mol. The number of nitro benzene ring substituents is 1. The molecule has 26 heavy (non-hydrogen) atoms. The number of halogens is 1. The number of methoxy groups -OCH3 is 1. The molecule has 146 valence electrons. The molecule has 2 saturated heterocycles. The quantitative estimate of drug-likeness (QED) is 0.595. The topological polar surface area (TPSA) is 102 Å². The smallest absolute Gasteiger partial charge is 0.273 e. The van der Waals surface area contributed by atoms with E-state index in [0.717, 1.165) is 31.9 Å². The van der Waals surface area contributed by atoms with Crippen molar-refractivity contribution >= 4 is 28.1 Å². The van der Waals surface area contributed by atoms with Crippen LogP contribution in [0.1, 0.15) is 25.7 Å². The molecule has 0 amide bonds. The Labute approximate surface area is 159 Å². The fourth-order valence-corrected chi connectivity index (χ4v) is 5.36. The number of ether oxygens (including phenoxy) is 1. The summed E-state index contributed by atoms with van der Waals surface area (Å²) in [6, 6.07) is 4.11. The molecule has 0 aromatic heterocycles. The van der Waals surface area contributed by atoms with E-state index < -0.39 is 14.9 Å². The van der Waals surface area contributed by atoms with Crippen LogP contribution in [0.25, 0.3) is 0 Å². The summed E-state index contributed by atoms with van der Waals surface area (Å²) in [4.78, 5) is 10.3. The van der Waals surface area contributed by atoms with Crippen LogP contribution in [0.2, 0.25) is 0 Å². The average Bonchev–Trinajstić information content (AvgIpc) is 3.15. The van der Waals surface area contributed by atoms with Gasteiger partial charge in [0.15, 0.2) is 0 Å². The zero-order valence-electron chi connectivity index (χ0n) is 14.6. The lowest BCUT2D eigenvalue weighted by atomic mass is 9.89. The Morgan fingerprint density at radius 1 is 1.27 bits per heavy atom. The lowest BCUT2D eigenvalue weighted by molar-refractivity contribution is -0.385. The van der Waals surface area contributed by atoms with Crippen LogP contribution >= 0.6 is 12.4 Å². The summed E-state index contributed by atoms with van der Waals surface area (Å²) in [5.41, 5.74) is -0.193. The standard InChI is InChI=1S/C16H23N3O5S.ClH/c1-24-15-11-13(19(20)21)4-5-16(15)25(22,23)18-9-6-12(7-10-18)14-3-2-8-17-14;/h4-5,11-12,14,17H,2-3,6-10H2,1H3;1H. The van der Waals surface area contributed by atoms with E-state index in [1.807, 2.05) is 0 Å². The van der Waals surface area contributed by atoms with E-state index in [4.69, 9.17) is 4.74 Å². The van der Waals surface area contributed by atoms with Crippen LogP contribution < -0.4 is 10.1 Å². The van der Waals surface area contributed by atoms with E-state index >= 15 is 0 Å². The Bertz CT molecular complexity index is 744. The highest BCUT2D eigenvalue weighted by molar-refractivity contribution is 7.89. The van der Waals surface area contributed by atoms with Gasteiger partial charge in [0.2, 0.25) is 10.0 Å². The van der Waals surface area contributed by atoms with Gasteiger partial charge in [0, 0.05) is 25.2 Å². The van der Waals surface area contributed by atoms with Crippen LogP contribution in [0.4, 0.5) is 5.69 Å². The SMILES string of the molecule is COc1cc([N+](=O)[O-])ccc1S(=O)(=O)N1CCC(C2CCCN2)CC1.Cl. The fraction of sp³-hybridized carbons (Fsp3) is 0.625. The van der Waals surface area contributed by atoms with Crippen LogP contribution in [0, 0.1) is 16.0 Å². The molecule has 8 nitrogen and oxygen atoms in total. The third-order valence-electron chi connectivity index (χ3n) is 5.14. The van der Waals surface area contributed by atoms with E-state index in [2.05, 4.69) is 5.32 Å². The third-order valence-corrected chi connectivity index (χ3v) is 7.08. The van der Waals surface area contributed by atoms with Gasteiger partial charge in [0.25, 0.3) is 5.69 Å². The van der Waals surface area contributed by atoms with Gasteiger partial charge in [-0.15, -0.1) is 12.4 Å². The Hall–Kier alpha value is -1.42. The normalized spacial score (nSPS) is 22.0. The molecule has 2 heterocycles. The molecular formula is C16H24ClN3O5S. The van der Waals surface area contributed by atoms with Crippen molar-refractivity contribution in [2.45, 2.75) is 36.6 Å². The van der Waals surface area contributed by atoms with E-state index in [0.29, 0.717) is 25.0 Å². The lowest BCUT2D eigenvalue weighted by Crippen LogP contribution is -2.43. The maximum atomic E-state index is 12.9. The van der Waals surface area contributed by atoms with Gasteiger partial charge in [0.05, 0.1) is 18.1 Å². The number of sulfonamides is 1. The molecule has 1 aromatic carbocycles. The molecule has 0 saturated carbocycles. The molecule has 1 unspecified atom stereocenters. The van der Waals surface area contributed by atoms with Crippen LogP contribution in [0.3, 0.4) is 0 Å². The van der Waals surface area contributed by atoms with Crippen LogP contribution in [0.5, 0.6) is 5.75 Å². The van der Waals surface area contributed by atoms with Crippen molar-refractivity contribution in [1.29, 1.82) is 0 Å². The van der Waals surface area contributed by atoms with E-state index in [1.165, 1.54) is 30.0 Å². The molecule has 2 fully saturated rings. The lowest BCUT2D eigenvalue weighted by Gasteiger charge is -2.34. The van der Waals surface area contributed by atoms with Gasteiger partial charge in [-0.1, -0.05) is 0 Å². The summed E-state index contributed by atoms with van der Waals surface area (Å²) in [6.45, 7) is 1.97. The van der Waals surface area contributed by atoms with Crippen molar-refractivity contribution in [3.63, 3.8) is 0 Å².